The third kappa shape index (κ3) is 5.21. The van der Waals surface area contributed by atoms with Crippen LogP contribution in [0.5, 0.6) is 0 Å². The highest BCUT2D eigenvalue weighted by atomic mass is 35.5. The van der Waals surface area contributed by atoms with Crippen LogP contribution in [0.3, 0.4) is 0 Å². The van der Waals surface area contributed by atoms with Crippen LogP contribution >= 0.6 is 24.2 Å². The monoisotopic (exact) mass is 380 g/mol. The summed E-state index contributed by atoms with van der Waals surface area (Å²) in [6.07, 6.45) is 0.469. The molecule has 2 atom stereocenters. The Balaban J connectivity index is 0.00000225. The third-order valence-electron chi connectivity index (χ3n) is 4.34. The van der Waals surface area contributed by atoms with E-state index >= 15 is 0 Å². The molecule has 3 nitrogen and oxygen atoms in total. The summed E-state index contributed by atoms with van der Waals surface area (Å²) in [6, 6.07) is 16.5. The first-order valence-electron chi connectivity index (χ1n) is 8.10. The molecule has 2 aromatic rings. The van der Waals surface area contributed by atoms with Gasteiger partial charge in [0, 0.05) is 42.1 Å². The van der Waals surface area contributed by atoms with E-state index in [1.165, 1.54) is 17.7 Å². The highest BCUT2D eigenvalue weighted by molar-refractivity contribution is 7.99. The predicted molar refractivity (Wildman–Crippen MR) is 103 cm³/mol. The Hall–Kier alpha value is -1.56. The number of halogens is 2. The van der Waals surface area contributed by atoms with E-state index in [1.807, 2.05) is 23.1 Å². The van der Waals surface area contributed by atoms with Gasteiger partial charge in [0.25, 0.3) is 0 Å². The minimum absolute atomic E-state index is 0. The van der Waals surface area contributed by atoms with Gasteiger partial charge in [0.1, 0.15) is 5.82 Å². The number of amides is 1. The molecule has 0 saturated carbocycles. The van der Waals surface area contributed by atoms with Gasteiger partial charge in [0.2, 0.25) is 5.91 Å². The second kappa shape index (κ2) is 9.22. The standard InChI is InChI=1S/C19H21FN2OS.ClH/c20-15-6-8-16(9-7-15)24-11-10-19(23)22-12-17(18(21)13-22)14-4-2-1-3-5-14;/h1-9,17-18H,10-13,21H2;1H/t17-,18+;/m0./s1. The van der Waals surface area contributed by atoms with E-state index in [0.717, 1.165) is 4.90 Å². The number of hydrogen-bond acceptors (Lipinski definition) is 3. The van der Waals surface area contributed by atoms with Gasteiger partial charge in [-0.2, -0.15) is 0 Å². The third-order valence-corrected chi connectivity index (χ3v) is 5.36. The Kier molecular flexibility index (Phi) is 7.29. The molecule has 1 heterocycles. The first-order valence-corrected chi connectivity index (χ1v) is 9.09. The SMILES string of the molecule is Cl.N[C@@H]1CN(C(=O)CCSc2ccc(F)cc2)C[C@H]1c1ccccc1. The molecule has 0 radical (unpaired) electrons. The number of rotatable bonds is 5. The largest absolute Gasteiger partial charge is 0.340 e. The van der Waals surface area contributed by atoms with Gasteiger partial charge in [-0.15, -0.1) is 24.2 Å². The van der Waals surface area contributed by atoms with Crippen LogP contribution in [0.15, 0.2) is 59.5 Å². The van der Waals surface area contributed by atoms with Crippen molar-refractivity contribution in [2.24, 2.45) is 5.73 Å². The Morgan fingerprint density at radius 1 is 1.12 bits per heavy atom. The number of benzene rings is 2. The van der Waals surface area contributed by atoms with Crippen LogP contribution in [0.4, 0.5) is 4.39 Å². The molecule has 1 amide bonds. The summed E-state index contributed by atoms with van der Waals surface area (Å²) in [5.74, 6) is 0.790. The second-order valence-electron chi connectivity index (χ2n) is 6.03. The average molecular weight is 381 g/mol. The lowest BCUT2D eigenvalue weighted by Gasteiger charge is -2.16. The zero-order valence-electron chi connectivity index (χ0n) is 13.8. The maximum atomic E-state index is 12.9. The molecule has 1 aliphatic heterocycles. The van der Waals surface area contributed by atoms with Gasteiger partial charge in [-0.1, -0.05) is 30.3 Å². The maximum Gasteiger partial charge on any atom is 0.223 e. The minimum atomic E-state index is -0.242. The van der Waals surface area contributed by atoms with Crippen LogP contribution in [0.25, 0.3) is 0 Å². The van der Waals surface area contributed by atoms with E-state index in [1.54, 1.807) is 23.9 Å². The molecule has 0 unspecified atom stereocenters. The average Bonchev–Trinajstić information content (AvgIpc) is 2.99. The van der Waals surface area contributed by atoms with E-state index in [-0.39, 0.29) is 36.1 Å². The fraction of sp³-hybridized carbons (Fsp3) is 0.316. The van der Waals surface area contributed by atoms with Crippen molar-refractivity contribution < 1.29 is 9.18 Å². The van der Waals surface area contributed by atoms with Crippen molar-refractivity contribution in [3.05, 3.63) is 66.0 Å². The maximum absolute atomic E-state index is 12.9. The lowest BCUT2D eigenvalue weighted by molar-refractivity contribution is -0.129. The second-order valence-corrected chi connectivity index (χ2v) is 7.20. The van der Waals surface area contributed by atoms with Gasteiger partial charge in [-0.25, -0.2) is 4.39 Å². The quantitative estimate of drug-likeness (QED) is 0.805. The molecule has 0 bridgehead atoms. The number of hydrogen-bond donors (Lipinski definition) is 1. The lowest BCUT2D eigenvalue weighted by Crippen LogP contribution is -2.32. The Morgan fingerprint density at radius 3 is 2.48 bits per heavy atom. The molecule has 25 heavy (non-hydrogen) atoms. The minimum Gasteiger partial charge on any atom is -0.340 e. The van der Waals surface area contributed by atoms with Crippen molar-refractivity contribution in [1.82, 2.24) is 4.90 Å². The van der Waals surface area contributed by atoms with Gasteiger partial charge in [0.15, 0.2) is 0 Å². The summed E-state index contributed by atoms with van der Waals surface area (Å²) < 4.78 is 12.9. The van der Waals surface area contributed by atoms with Crippen LogP contribution in [-0.2, 0) is 4.79 Å². The van der Waals surface area contributed by atoms with E-state index in [0.29, 0.717) is 25.3 Å². The molecule has 1 saturated heterocycles. The molecule has 0 aromatic heterocycles. The van der Waals surface area contributed by atoms with Crippen LogP contribution in [-0.4, -0.2) is 35.7 Å². The Bertz CT molecular complexity index is 684. The van der Waals surface area contributed by atoms with Crippen molar-refractivity contribution in [3.8, 4) is 0 Å². The van der Waals surface area contributed by atoms with Crippen molar-refractivity contribution in [2.45, 2.75) is 23.3 Å². The Labute approximate surface area is 158 Å². The highest BCUT2D eigenvalue weighted by Gasteiger charge is 2.33. The van der Waals surface area contributed by atoms with Gasteiger partial charge >= 0.3 is 0 Å². The number of nitrogens with zero attached hydrogens (tertiary/aromatic N) is 1. The van der Waals surface area contributed by atoms with Gasteiger partial charge in [-0.05, 0) is 29.8 Å². The molecular weight excluding hydrogens is 359 g/mol. The van der Waals surface area contributed by atoms with E-state index in [2.05, 4.69) is 12.1 Å². The predicted octanol–water partition coefficient (Wildman–Crippen LogP) is 3.68. The van der Waals surface area contributed by atoms with Crippen molar-refractivity contribution in [3.63, 3.8) is 0 Å². The molecule has 6 heteroatoms. The Morgan fingerprint density at radius 2 is 1.80 bits per heavy atom. The van der Waals surface area contributed by atoms with Crippen LogP contribution in [0.2, 0.25) is 0 Å². The molecule has 3 rings (SSSR count). The zero-order chi connectivity index (χ0) is 16.9. The van der Waals surface area contributed by atoms with Gasteiger partial charge in [0.05, 0.1) is 0 Å². The van der Waals surface area contributed by atoms with Crippen LogP contribution < -0.4 is 5.73 Å². The zero-order valence-corrected chi connectivity index (χ0v) is 15.4. The highest BCUT2D eigenvalue weighted by Crippen LogP contribution is 2.27. The fourth-order valence-corrected chi connectivity index (χ4v) is 3.87. The summed E-state index contributed by atoms with van der Waals surface area (Å²) in [5, 5.41) is 0. The number of carbonyl (C=O) groups is 1. The van der Waals surface area contributed by atoms with Crippen molar-refractivity contribution >= 4 is 30.1 Å². The molecule has 2 aromatic carbocycles. The molecule has 134 valence electrons. The molecule has 0 aliphatic carbocycles. The number of nitrogens with two attached hydrogens (primary N) is 1. The first kappa shape index (κ1) is 19.8. The summed E-state index contributed by atoms with van der Waals surface area (Å²) >= 11 is 1.57. The molecule has 0 spiro atoms. The molecule has 1 fully saturated rings. The normalized spacial score (nSPS) is 19.5. The van der Waals surface area contributed by atoms with Crippen LogP contribution in [0, 0.1) is 5.82 Å². The van der Waals surface area contributed by atoms with E-state index < -0.39 is 0 Å². The van der Waals surface area contributed by atoms with Crippen molar-refractivity contribution in [1.29, 1.82) is 0 Å². The molecular formula is C19H22ClFN2OS. The topological polar surface area (TPSA) is 46.3 Å². The first-order chi connectivity index (χ1) is 11.6. The molecule has 1 aliphatic rings. The lowest BCUT2D eigenvalue weighted by atomic mass is 9.95. The van der Waals surface area contributed by atoms with E-state index in [4.69, 9.17) is 5.73 Å². The summed E-state index contributed by atoms with van der Waals surface area (Å²) in [4.78, 5) is 15.3. The number of thioether (sulfide) groups is 1. The number of likely N-dealkylation sites (tertiary alicyclic amines) is 1. The number of carbonyl (C=O) groups excluding carboxylic acids is 1. The smallest absolute Gasteiger partial charge is 0.223 e. The summed E-state index contributed by atoms with van der Waals surface area (Å²) in [5.41, 5.74) is 7.43. The van der Waals surface area contributed by atoms with Gasteiger partial charge < -0.3 is 10.6 Å². The van der Waals surface area contributed by atoms with E-state index in [9.17, 15) is 9.18 Å². The van der Waals surface area contributed by atoms with Crippen molar-refractivity contribution in [2.75, 3.05) is 18.8 Å². The molecule has 2 N–H and O–H groups in total. The summed E-state index contributed by atoms with van der Waals surface area (Å²) in [6.45, 7) is 1.30. The van der Waals surface area contributed by atoms with Crippen LogP contribution in [0.1, 0.15) is 17.9 Å². The fourth-order valence-electron chi connectivity index (χ4n) is 3.03. The van der Waals surface area contributed by atoms with Gasteiger partial charge in [-0.3, -0.25) is 4.79 Å². The summed E-state index contributed by atoms with van der Waals surface area (Å²) in [7, 11) is 0.